The maximum atomic E-state index is 12.3. The lowest BCUT2D eigenvalue weighted by Crippen LogP contribution is -2.31. The molecule has 0 aliphatic carbocycles. The second-order valence-corrected chi connectivity index (χ2v) is 7.29. The van der Waals surface area contributed by atoms with E-state index in [4.69, 9.17) is 23.2 Å². The number of rotatable bonds is 4. The number of nitrogens with zero attached hydrogens (tertiary/aromatic N) is 2. The highest BCUT2D eigenvalue weighted by atomic mass is 35.5. The zero-order valence-electron chi connectivity index (χ0n) is 13.8. The summed E-state index contributed by atoms with van der Waals surface area (Å²) in [5, 5.41) is 4.33. The lowest BCUT2D eigenvalue weighted by atomic mass is 10.2. The summed E-state index contributed by atoms with van der Waals surface area (Å²) in [6, 6.07) is 12.4. The predicted octanol–water partition coefficient (Wildman–Crippen LogP) is 4.38. The zero-order valence-corrected chi connectivity index (χ0v) is 16.2. The number of halogens is 2. The molecular weight excluding hydrogens is 393 g/mol. The standard InChI is InChI=1S/C18H15Cl2N3O2S/c1-11-12(19)6-4-7-14(11)22-16(24)10-26-18-21-9-17(25)23(18)15-8-3-2-5-13(15)20/h2-8H,9-10H2,1H3,(H,22,24). The monoisotopic (exact) mass is 407 g/mol. The molecule has 1 heterocycles. The highest BCUT2D eigenvalue weighted by Gasteiger charge is 2.29. The van der Waals surface area contributed by atoms with Crippen molar-refractivity contribution in [3.05, 3.63) is 58.1 Å². The summed E-state index contributed by atoms with van der Waals surface area (Å²) in [5.74, 6) is -0.271. The summed E-state index contributed by atoms with van der Waals surface area (Å²) in [7, 11) is 0. The number of aliphatic imine (C=N–C) groups is 1. The fraction of sp³-hybridized carbons (Fsp3) is 0.167. The third-order valence-electron chi connectivity index (χ3n) is 3.76. The van der Waals surface area contributed by atoms with Crippen molar-refractivity contribution >= 4 is 63.3 Å². The Kier molecular flexibility index (Phi) is 5.86. The number of anilines is 2. The quantitative estimate of drug-likeness (QED) is 0.817. The van der Waals surface area contributed by atoms with Gasteiger partial charge in [0, 0.05) is 10.7 Å². The van der Waals surface area contributed by atoms with E-state index < -0.39 is 0 Å². The molecule has 5 nitrogen and oxygen atoms in total. The molecule has 0 saturated carbocycles. The SMILES string of the molecule is Cc1c(Cl)cccc1NC(=O)CSC1=NCC(=O)N1c1ccccc1Cl. The van der Waals surface area contributed by atoms with Crippen LogP contribution in [0.4, 0.5) is 11.4 Å². The van der Waals surface area contributed by atoms with E-state index in [0.29, 0.717) is 26.6 Å². The van der Waals surface area contributed by atoms with Gasteiger partial charge >= 0.3 is 0 Å². The molecule has 0 bridgehead atoms. The molecule has 0 atom stereocenters. The van der Waals surface area contributed by atoms with Crippen LogP contribution in [0.3, 0.4) is 0 Å². The van der Waals surface area contributed by atoms with Crippen molar-refractivity contribution in [3.8, 4) is 0 Å². The first-order valence-electron chi connectivity index (χ1n) is 7.77. The number of carbonyl (C=O) groups is 2. The second kappa shape index (κ2) is 8.12. The molecular formula is C18H15Cl2N3O2S. The molecule has 1 aliphatic rings. The number of carbonyl (C=O) groups excluding carboxylic acids is 2. The van der Waals surface area contributed by atoms with Crippen LogP contribution in [0.5, 0.6) is 0 Å². The van der Waals surface area contributed by atoms with Crippen LogP contribution in [0.15, 0.2) is 47.5 Å². The lowest BCUT2D eigenvalue weighted by Gasteiger charge is -2.19. The predicted molar refractivity (Wildman–Crippen MR) is 109 cm³/mol. The highest BCUT2D eigenvalue weighted by Crippen LogP contribution is 2.30. The molecule has 26 heavy (non-hydrogen) atoms. The number of hydrogen-bond acceptors (Lipinski definition) is 4. The summed E-state index contributed by atoms with van der Waals surface area (Å²) in [6.45, 7) is 1.88. The number of thioether (sulfide) groups is 1. The van der Waals surface area contributed by atoms with Gasteiger partial charge in [0.25, 0.3) is 5.91 Å². The Morgan fingerprint density at radius 1 is 1.19 bits per heavy atom. The Balaban J connectivity index is 1.67. The van der Waals surface area contributed by atoms with Crippen molar-refractivity contribution in [2.24, 2.45) is 4.99 Å². The van der Waals surface area contributed by atoms with E-state index in [2.05, 4.69) is 10.3 Å². The van der Waals surface area contributed by atoms with Crippen LogP contribution in [0, 0.1) is 6.92 Å². The minimum Gasteiger partial charge on any atom is -0.325 e. The van der Waals surface area contributed by atoms with E-state index in [1.54, 1.807) is 42.5 Å². The molecule has 0 spiro atoms. The van der Waals surface area contributed by atoms with Crippen LogP contribution in [0.2, 0.25) is 10.0 Å². The van der Waals surface area contributed by atoms with Gasteiger partial charge in [0.1, 0.15) is 6.54 Å². The van der Waals surface area contributed by atoms with Gasteiger partial charge < -0.3 is 5.32 Å². The first-order chi connectivity index (χ1) is 12.5. The number of amidine groups is 1. The summed E-state index contributed by atoms with van der Waals surface area (Å²) < 4.78 is 0. The van der Waals surface area contributed by atoms with Gasteiger partial charge in [-0.3, -0.25) is 19.5 Å². The van der Waals surface area contributed by atoms with Crippen LogP contribution < -0.4 is 10.2 Å². The van der Waals surface area contributed by atoms with Gasteiger partial charge in [-0.1, -0.05) is 53.2 Å². The molecule has 0 unspecified atom stereocenters. The van der Waals surface area contributed by atoms with Crippen LogP contribution in [-0.2, 0) is 9.59 Å². The van der Waals surface area contributed by atoms with E-state index in [9.17, 15) is 9.59 Å². The van der Waals surface area contributed by atoms with E-state index in [1.165, 1.54) is 16.7 Å². The van der Waals surface area contributed by atoms with E-state index in [-0.39, 0.29) is 24.1 Å². The molecule has 0 saturated heterocycles. The fourth-order valence-electron chi connectivity index (χ4n) is 2.42. The van der Waals surface area contributed by atoms with Crippen molar-refractivity contribution in [1.82, 2.24) is 0 Å². The molecule has 0 aromatic heterocycles. The number of hydrogen-bond donors (Lipinski definition) is 1. The Labute approximate surface area is 165 Å². The van der Waals surface area contributed by atoms with Crippen molar-refractivity contribution in [3.63, 3.8) is 0 Å². The third-order valence-corrected chi connectivity index (χ3v) is 5.46. The third kappa shape index (κ3) is 4.03. The van der Waals surface area contributed by atoms with Crippen molar-refractivity contribution in [2.45, 2.75) is 6.92 Å². The van der Waals surface area contributed by atoms with E-state index in [1.807, 2.05) is 6.92 Å². The average molecular weight is 408 g/mol. The molecule has 2 aromatic carbocycles. The fourth-order valence-corrected chi connectivity index (χ4v) is 3.64. The van der Waals surface area contributed by atoms with Crippen LogP contribution >= 0.6 is 35.0 Å². The van der Waals surface area contributed by atoms with Crippen molar-refractivity contribution in [1.29, 1.82) is 0 Å². The van der Waals surface area contributed by atoms with Gasteiger partial charge in [0.15, 0.2) is 5.17 Å². The largest absolute Gasteiger partial charge is 0.325 e. The smallest absolute Gasteiger partial charge is 0.254 e. The molecule has 2 aromatic rings. The molecule has 8 heteroatoms. The Morgan fingerprint density at radius 2 is 1.92 bits per heavy atom. The molecule has 0 radical (unpaired) electrons. The summed E-state index contributed by atoms with van der Waals surface area (Å²) in [4.78, 5) is 30.1. The Hall–Kier alpha value is -2.02. The maximum Gasteiger partial charge on any atom is 0.254 e. The second-order valence-electron chi connectivity index (χ2n) is 5.53. The van der Waals surface area contributed by atoms with Gasteiger partial charge in [0.05, 0.1) is 16.5 Å². The number of para-hydroxylation sites is 1. The minimum absolute atomic E-state index is 0.0442. The van der Waals surface area contributed by atoms with Crippen LogP contribution in [-0.4, -0.2) is 29.3 Å². The van der Waals surface area contributed by atoms with Crippen molar-refractivity contribution in [2.75, 3.05) is 22.5 Å². The number of benzene rings is 2. The average Bonchev–Trinajstić information content (AvgIpc) is 2.98. The van der Waals surface area contributed by atoms with E-state index >= 15 is 0 Å². The van der Waals surface area contributed by atoms with Gasteiger partial charge in [-0.25, -0.2) is 0 Å². The Morgan fingerprint density at radius 3 is 2.69 bits per heavy atom. The summed E-state index contributed by atoms with van der Waals surface area (Å²) >= 11 is 13.4. The normalized spacial score (nSPS) is 13.7. The van der Waals surface area contributed by atoms with Crippen molar-refractivity contribution < 1.29 is 9.59 Å². The van der Waals surface area contributed by atoms with Gasteiger partial charge in [0.2, 0.25) is 5.91 Å². The minimum atomic E-state index is -0.207. The molecule has 0 fully saturated rings. The van der Waals surface area contributed by atoms with E-state index in [0.717, 1.165) is 5.56 Å². The summed E-state index contributed by atoms with van der Waals surface area (Å²) in [6.07, 6.45) is 0. The number of nitrogens with one attached hydrogen (secondary N) is 1. The molecule has 1 aliphatic heterocycles. The summed E-state index contributed by atoms with van der Waals surface area (Å²) in [5.41, 5.74) is 2.03. The maximum absolute atomic E-state index is 12.3. The molecule has 1 N–H and O–H groups in total. The molecule has 2 amide bonds. The number of amides is 2. The Bertz CT molecular complexity index is 902. The lowest BCUT2D eigenvalue weighted by molar-refractivity contribution is -0.116. The van der Waals surface area contributed by atoms with Gasteiger partial charge in [-0.2, -0.15) is 0 Å². The molecule has 3 rings (SSSR count). The van der Waals surface area contributed by atoms with Gasteiger partial charge in [-0.15, -0.1) is 0 Å². The topological polar surface area (TPSA) is 61.8 Å². The van der Waals surface area contributed by atoms with Crippen LogP contribution in [0.1, 0.15) is 5.56 Å². The zero-order chi connectivity index (χ0) is 18.7. The first kappa shape index (κ1) is 18.8. The van der Waals surface area contributed by atoms with Crippen LogP contribution in [0.25, 0.3) is 0 Å². The van der Waals surface area contributed by atoms with Gasteiger partial charge in [-0.05, 0) is 36.8 Å². The first-order valence-corrected chi connectivity index (χ1v) is 9.51. The highest BCUT2D eigenvalue weighted by molar-refractivity contribution is 8.14. The molecule has 134 valence electrons.